The fourth-order valence-electron chi connectivity index (χ4n) is 6.39. The topological polar surface area (TPSA) is 96.4 Å². The Balaban J connectivity index is 1.85. The molecule has 37 heavy (non-hydrogen) atoms. The molecule has 3 saturated heterocycles. The van der Waals surface area contributed by atoms with Crippen molar-refractivity contribution >= 4 is 35.1 Å². The quantitative estimate of drug-likeness (QED) is 0.368. The number of para-hydroxylation sites is 1. The predicted octanol–water partition coefficient (Wildman–Crippen LogP) is 3.29. The van der Waals surface area contributed by atoms with Gasteiger partial charge in [0.2, 0.25) is 5.91 Å². The van der Waals surface area contributed by atoms with E-state index in [1.165, 1.54) is 15.9 Å². The summed E-state index contributed by atoms with van der Waals surface area (Å²) in [6.07, 6.45) is 3.51. The Hall–Kier alpha value is -2.68. The van der Waals surface area contributed by atoms with Crippen molar-refractivity contribution in [2.24, 2.45) is 17.8 Å². The van der Waals surface area contributed by atoms with Gasteiger partial charge in [-0.05, 0) is 37.3 Å². The number of benzene rings is 1. The maximum atomic E-state index is 14.5. The molecule has 1 N–H and O–H groups in total. The fourth-order valence-corrected chi connectivity index (χ4v) is 6.71. The summed E-state index contributed by atoms with van der Waals surface area (Å²) in [5.74, 6) is -3.16. The molecule has 4 rings (SSSR count). The molecule has 9 heteroatoms. The lowest BCUT2D eigenvalue weighted by molar-refractivity contribution is -0.155. The number of ether oxygens (including phenoxy) is 2. The fraction of sp³-hybridized carbons (Fsp3) is 0.536. The Kier molecular flexibility index (Phi) is 7.83. The first-order valence-electron chi connectivity index (χ1n) is 12.7. The van der Waals surface area contributed by atoms with Crippen molar-refractivity contribution in [3.63, 3.8) is 0 Å². The molecule has 200 valence electrons. The van der Waals surface area contributed by atoms with Crippen molar-refractivity contribution < 1.29 is 29.0 Å². The molecule has 2 amide bonds. The smallest absolute Gasteiger partial charge is 0.312 e. The molecule has 1 aromatic carbocycles. The first-order valence-corrected chi connectivity index (χ1v) is 13.1. The first kappa shape index (κ1) is 27.4. The van der Waals surface area contributed by atoms with Gasteiger partial charge in [0.25, 0.3) is 5.91 Å². The van der Waals surface area contributed by atoms with Crippen LogP contribution in [-0.4, -0.2) is 71.3 Å². The van der Waals surface area contributed by atoms with E-state index in [4.69, 9.17) is 21.1 Å². The Bertz CT molecular complexity index is 1090. The summed E-state index contributed by atoms with van der Waals surface area (Å²) >= 11 is 6.57. The molecule has 3 aliphatic rings. The molecule has 0 saturated carbocycles. The van der Waals surface area contributed by atoms with Crippen LogP contribution in [0.3, 0.4) is 0 Å². The lowest BCUT2D eigenvalue weighted by Crippen LogP contribution is -2.60. The van der Waals surface area contributed by atoms with Crippen molar-refractivity contribution in [3.05, 3.63) is 54.1 Å². The van der Waals surface area contributed by atoms with Crippen molar-refractivity contribution in [2.45, 2.75) is 57.4 Å². The van der Waals surface area contributed by atoms with E-state index in [9.17, 15) is 19.5 Å². The van der Waals surface area contributed by atoms with Crippen molar-refractivity contribution in [3.8, 4) is 0 Å². The van der Waals surface area contributed by atoms with Gasteiger partial charge >= 0.3 is 5.97 Å². The number of nitrogens with zero attached hydrogens (tertiary/aromatic N) is 2. The number of anilines is 1. The minimum absolute atomic E-state index is 0.0200. The Labute approximate surface area is 222 Å². The van der Waals surface area contributed by atoms with Gasteiger partial charge in [-0.25, -0.2) is 0 Å². The molecule has 2 bridgehead atoms. The van der Waals surface area contributed by atoms with Gasteiger partial charge in [-0.2, -0.15) is 0 Å². The first-order chi connectivity index (χ1) is 17.6. The van der Waals surface area contributed by atoms with Gasteiger partial charge in [-0.15, -0.1) is 6.58 Å². The molecule has 8 nitrogen and oxygen atoms in total. The summed E-state index contributed by atoms with van der Waals surface area (Å²) in [6, 6.07) is 3.67. The second-order valence-corrected chi connectivity index (χ2v) is 10.8. The highest BCUT2D eigenvalue weighted by Gasteiger charge is 2.75. The molecule has 2 unspecified atom stereocenters. The van der Waals surface area contributed by atoms with Crippen LogP contribution in [-0.2, 0) is 23.9 Å². The minimum Gasteiger partial charge on any atom is -0.461 e. The number of hydrogen-bond acceptors (Lipinski definition) is 6. The lowest BCUT2D eigenvalue weighted by Gasteiger charge is -2.40. The standard InChI is InChI=1S/C28H35ClN2O6/c1-6-13-30(23-17(5)9-8-10-18(23)29)26(34)24-28-12-11-20(37-28)21(27(35)36-14-7-2)22(28)25(33)31(24)19(15-32)16(3)4/h6-10,16,19-22,24,32H,1-2,11-15H2,3-5H3/t19-,20+,21-,22-,24?,28?/m0/s1. The Morgan fingerprint density at radius 1 is 1.35 bits per heavy atom. The van der Waals surface area contributed by atoms with Crippen LogP contribution in [0.4, 0.5) is 5.69 Å². The summed E-state index contributed by atoms with van der Waals surface area (Å²) < 4.78 is 11.8. The number of rotatable bonds is 10. The van der Waals surface area contributed by atoms with Gasteiger partial charge in [0.05, 0.1) is 41.3 Å². The van der Waals surface area contributed by atoms with Crippen LogP contribution in [0.25, 0.3) is 0 Å². The molecule has 1 aromatic rings. The van der Waals surface area contributed by atoms with Crippen molar-refractivity contribution in [2.75, 3.05) is 24.7 Å². The summed E-state index contributed by atoms with van der Waals surface area (Å²) in [6.45, 7) is 12.9. The summed E-state index contributed by atoms with van der Waals surface area (Å²) in [4.78, 5) is 44.8. The third-order valence-electron chi connectivity index (χ3n) is 7.94. The zero-order chi connectivity index (χ0) is 27.1. The number of amides is 2. The normalized spacial score (nSPS) is 28.8. The molecule has 3 fully saturated rings. The minimum atomic E-state index is -1.21. The Morgan fingerprint density at radius 2 is 2.08 bits per heavy atom. The highest BCUT2D eigenvalue weighted by atomic mass is 35.5. The number of carbonyl (C=O) groups is 3. The third kappa shape index (κ3) is 4.29. The van der Waals surface area contributed by atoms with E-state index in [1.54, 1.807) is 18.2 Å². The predicted molar refractivity (Wildman–Crippen MR) is 140 cm³/mol. The molecular formula is C28H35ClN2O6. The highest BCUT2D eigenvalue weighted by Crippen LogP contribution is 2.59. The van der Waals surface area contributed by atoms with Crippen molar-refractivity contribution in [1.82, 2.24) is 4.90 Å². The molecule has 3 heterocycles. The molecule has 0 aromatic heterocycles. The largest absolute Gasteiger partial charge is 0.461 e. The molecule has 1 spiro atoms. The van der Waals surface area contributed by atoms with Gasteiger partial charge < -0.3 is 24.4 Å². The average molecular weight is 531 g/mol. The van der Waals surface area contributed by atoms with Crippen LogP contribution in [0.15, 0.2) is 43.5 Å². The Morgan fingerprint density at radius 3 is 2.68 bits per heavy atom. The molecule has 0 aliphatic carbocycles. The number of hydrogen-bond donors (Lipinski definition) is 1. The van der Waals surface area contributed by atoms with E-state index < -0.39 is 41.6 Å². The van der Waals surface area contributed by atoms with E-state index in [-0.39, 0.29) is 37.5 Å². The van der Waals surface area contributed by atoms with E-state index in [0.717, 1.165) is 5.56 Å². The van der Waals surface area contributed by atoms with Crippen molar-refractivity contribution in [1.29, 1.82) is 0 Å². The van der Waals surface area contributed by atoms with Crippen LogP contribution in [0.2, 0.25) is 5.02 Å². The number of carbonyl (C=O) groups excluding carboxylic acids is 3. The SMILES string of the molecule is C=CCOC(=O)[C@@H]1[C@H]2C(=O)N([C@@H](CO)C(C)C)C(C(=O)N(CC=C)c3c(C)cccc3Cl)C23CC[C@H]1O3. The van der Waals surface area contributed by atoms with Crippen LogP contribution in [0, 0.1) is 24.7 Å². The molecule has 6 atom stereocenters. The van der Waals surface area contributed by atoms with Gasteiger partial charge in [0.15, 0.2) is 0 Å². The lowest BCUT2D eigenvalue weighted by atomic mass is 9.70. The van der Waals surface area contributed by atoms with Crippen LogP contribution >= 0.6 is 11.6 Å². The number of aryl methyl sites for hydroxylation is 1. The number of aliphatic hydroxyl groups excluding tert-OH is 1. The third-order valence-corrected chi connectivity index (χ3v) is 8.24. The van der Waals surface area contributed by atoms with E-state index in [1.807, 2.05) is 26.8 Å². The molecular weight excluding hydrogens is 496 g/mol. The summed E-state index contributed by atoms with van der Waals surface area (Å²) in [5.41, 5.74) is 0.103. The highest BCUT2D eigenvalue weighted by molar-refractivity contribution is 6.34. The van der Waals surface area contributed by atoms with Crippen LogP contribution < -0.4 is 4.90 Å². The summed E-state index contributed by atoms with van der Waals surface area (Å²) in [7, 11) is 0. The molecule has 3 aliphatic heterocycles. The van der Waals surface area contributed by atoms with Gasteiger partial charge in [-0.3, -0.25) is 14.4 Å². The number of esters is 1. The monoisotopic (exact) mass is 530 g/mol. The second kappa shape index (κ2) is 10.6. The number of fused-ring (bicyclic) bond motifs is 1. The van der Waals surface area contributed by atoms with Crippen LogP contribution in [0.1, 0.15) is 32.3 Å². The van der Waals surface area contributed by atoms with E-state index in [2.05, 4.69) is 13.2 Å². The van der Waals surface area contributed by atoms with E-state index >= 15 is 0 Å². The zero-order valence-corrected chi connectivity index (χ0v) is 22.3. The number of likely N-dealkylation sites (tertiary alicyclic amines) is 1. The average Bonchev–Trinajstić information content (AvgIpc) is 3.49. The maximum absolute atomic E-state index is 14.5. The van der Waals surface area contributed by atoms with Crippen LogP contribution in [0.5, 0.6) is 0 Å². The number of aliphatic hydroxyl groups is 1. The summed E-state index contributed by atoms with van der Waals surface area (Å²) in [5, 5.41) is 10.7. The molecule has 0 radical (unpaired) electrons. The van der Waals surface area contributed by atoms with Gasteiger partial charge in [0.1, 0.15) is 18.2 Å². The van der Waals surface area contributed by atoms with Gasteiger partial charge in [0, 0.05) is 6.54 Å². The second-order valence-electron chi connectivity index (χ2n) is 10.4. The number of halogens is 1. The zero-order valence-electron chi connectivity index (χ0n) is 21.6. The maximum Gasteiger partial charge on any atom is 0.312 e. The van der Waals surface area contributed by atoms with Gasteiger partial charge in [-0.1, -0.05) is 56.3 Å². The van der Waals surface area contributed by atoms with E-state index in [0.29, 0.717) is 23.6 Å².